The van der Waals surface area contributed by atoms with Crippen LogP contribution in [0.4, 0.5) is 0 Å². The minimum atomic E-state index is -0.570. The summed E-state index contributed by atoms with van der Waals surface area (Å²) in [6.45, 7) is 10.2. The number of fused-ring (bicyclic) bond motifs is 1. The summed E-state index contributed by atoms with van der Waals surface area (Å²) in [4.78, 5) is 46.4. The van der Waals surface area contributed by atoms with Gasteiger partial charge in [0.05, 0.1) is 34.7 Å². The largest absolute Gasteiger partial charge is 0.494 e. The summed E-state index contributed by atoms with van der Waals surface area (Å²) in [5.74, 6) is 0.107. The summed E-state index contributed by atoms with van der Waals surface area (Å²) in [5, 5.41) is 3.06. The fourth-order valence-corrected chi connectivity index (χ4v) is 4.21. The van der Waals surface area contributed by atoms with Crippen LogP contribution >= 0.6 is 0 Å². The average molecular weight is 454 g/mol. The first-order chi connectivity index (χ1) is 15.5. The molecule has 1 aromatic carbocycles. The van der Waals surface area contributed by atoms with Crippen molar-refractivity contribution in [3.63, 3.8) is 0 Å². The molecule has 2 N–H and O–H groups in total. The normalized spacial score (nSPS) is 21.5. The van der Waals surface area contributed by atoms with E-state index in [1.807, 2.05) is 33.8 Å². The van der Waals surface area contributed by atoms with Crippen molar-refractivity contribution in [2.45, 2.75) is 71.1 Å². The smallest absolute Gasteiger partial charge is 0.399 e. The van der Waals surface area contributed by atoms with E-state index in [4.69, 9.17) is 9.31 Å². The first-order valence-electron chi connectivity index (χ1n) is 11.5. The second kappa shape index (κ2) is 8.57. The molecule has 0 radical (unpaired) electrons. The van der Waals surface area contributed by atoms with Gasteiger partial charge < -0.3 is 24.5 Å². The summed E-state index contributed by atoms with van der Waals surface area (Å²) in [6, 6.07) is 5.08. The number of rotatable bonds is 5. The Morgan fingerprint density at radius 3 is 2.61 bits per heavy atom. The lowest BCUT2D eigenvalue weighted by molar-refractivity contribution is -0.133. The van der Waals surface area contributed by atoms with Crippen LogP contribution in [0.15, 0.2) is 23.0 Å². The predicted molar refractivity (Wildman–Crippen MR) is 125 cm³/mol. The highest BCUT2D eigenvalue weighted by atomic mass is 16.7. The van der Waals surface area contributed by atoms with E-state index in [1.54, 1.807) is 24.0 Å². The lowest BCUT2D eigenvalue weighted by atomic mass is 9.78. The van der Waals surface area contributed by atoms with Gasteiger partial charge in [-0.3, -0.25) is 14.4 Å². The molecule has 10 heteroatoms. The van der Waals surface area contributed by atoms with Crippen LogP contribution in [0.2, 0.25) is 0 Å². The third kappa shape index (κ3) is 4.41. The SMILES string of the molecule is CCC(=O)NCC(=O)N1CCC[C@H]1c1nc2ccc(B3OC(C)(C)C(C)(C)O3)cc2c(=O)[nH]1. The summed E-state index contributed by atoms with van der Waals surface area (Å²) in [6.07, 6.45) is 1.83. The van der Waals surface area contributed by atoms with E-state index in [-0.39, 0.29) is 30.0 Å². The molecule has 33 heavy (non-hydrogen) atoms. The van der Waals surface area contributed by atoms with Crippen LogP contribution in [0.3, 0.4) is 0 Å². The molecule has 1 atom stereocenters. The Labute approximate surface area is 193 Å². The van der Waals surface area contributed by atoms with Gasteiger partial charge in [-0.1, -0.05) is 13.0 Å². The fraction of sp³-hybridized carbons (Fsp3) is 0.565. The van der Waals surface area contributed by atoms with E-state index in [9.17, 15) is 14.4 Å². The zero-order valence-corrected chi connectivity index (χ0v) is 19.9. The molecule has 4 rings (SSSR count). The van der Waals surface area contributed by atoms with Crippen molar-refractivity contribution in [1.29, 1.82) is 0 Å². The quantitative estimate of drug-likeness (QED) is 0.661. The molecule has 0 saturated carbocycles. The van der Waals surface area contributed by atoms with Gasteiger partial charge in [0, 0.05) is 13.0 Å². The van der Waals surface area contributed by atoms with Crippen molar-refractivity contribution < 1.29 is 18.9 Å². The minimum Gasteiger partial charge on any atom is -0.399 e. The minimum absolute atomic E-state index is 0.0571. The number of aromatic amines is 1. The van der Waals surface area contributed by atoms with E-state index in [2.05, 4.69) is 15.3 Å². The second-order valence-electron chi connectivity index (χ2n) is 9.69. The molecule has 2 amide bonds. The van der Waals surface area contributed by atoms with Gasteiger partial charge in [0.1, 0.15) is 5.82 Å². The number of nitrogens with zero attached hydrogens (tertiary/aromatic N) is 2. The maximum Gasteiger partial charge on any atom is 0.494 e. The molecule has 3 heterocycles. The van der Waals surface area contributed by atoms with Gasteiger partial charge in [0.2, 0.25) is 11.8 Å². The summed E-state index contributed by atoms with van der Waals surface area (Å²) in [5.41, 5.74) is 0.0805. The van der Waals surface area contributed by atoms with E-state index >= 15 is 0 Å². The number of H-pyrrole nitrogens is 1. The van der Waals surface area contributed by atoms with Crippen LogP contribution in [-0.4, -0.2) is 58.1 Å². The lowest BCUT2D eigenvalue weighted by Crippen LogP contribution is -2.41. The molecule has 2 aliphatic rings. The van der Waals surface area contributed by atoms with E-state index in [1.165, 1.54) is 0 Å². The van der Waals surface area contributed by atoms with Crippen LogP contribution in [0.1, 0.15) is 65.7 Å². The Bertz CT molecular complexity index is 1130. The van der Waals surface area contributed by atoms with Gasteiger partial charge in [-0.05, 0) is 58.1 Å². The van der Waals surface area contributed by atoms with E-state index in [0.29, 0.717) is 36.1 Å². The van der Waals surface area contributed by atoms with Gasteiger partial charge in [0.25, 0.3) is 5.56 Å². The number of hydrogen-bond acceptors (Lipinski definition) is 6. The molecule has 2 saturated heterocycles. The third-order valence-corrected chi connectivity index (χ3v) is 6.92. The lowest BCUT2D eigenvalue weighted by Gasteiger charge is -2.32. The van der Waals surface area contributed by atoms with Crippen LogP contribution in [-0.2, 0) is 18.9 Å². The number of carbonyl (C=O) groups is 2. The second-order valence-corrected chi connectivity index (χ2v) is 9.69. The molecule has 2 fully saturated rings. The zero-order valence-electron chi connectivity index (χ0n) is 19.9. The molecule has 0 aliphatic carbocycles. The van der Waals surface area contributed by atoms with E-state index < -0.39 is 18.3 Å². The molecule has 2 aliphatic heterocycles. The van der Waals surface area contributed by atoms with Gasteiger partial charge >= 0.3 is 7.12 Å². The van der Waals surface area contributed by atoms with Gasteiger partial charge in [-0.25, -0.2) is 4.98 Å². The first-order valence-corrected chi connectivity index (χ1v) is 11.5. The van der Waals surface area contributed by atoms with Crippen LogP contribution in [0.25, 0.3) is 10.9 Å². The summed E-state index contributed by atoms with van der Waals surface area (Å²) >= 11 is 0. The van der Waals surface area contributed by atoms with Crippen molar-refractivity contribution in [3.05, 3.63) is 34.4 Å². The van der Waals surface area contributed by atoms with Crippen molar-refractivity contribution in [3.8, 4) is 0 Å². The van der Waals surface area contributed by atoms with Crippen molar-refractivity contribution in [1.82, 2.24) is 20.2 Å². The maximum atomic E-state index is 13.0. The van der Waals surface area contributed by atoms with Crippen molar-refractivity contribution >= 4 is 35.3 Å². The van der Waals surface area contributed by atoms with Crippen molar-refractivity contribution in [2.75, 3.05) is 13.1 Å². The molecule has 176 valence electrons. The number of nitrogens with one attached hydrogen (secondary N) is 2. The Balaban J connectivity index is 1.58. The molecule has 1 aromatic heterocycles. The van der Waals surface area contributed by atoms with Crippen LogP contribution in [0.5, 0.6) is 0 Å². The van der Waals surface area contributed by atoms with Gasteiger partial charge in [-0.2, -0.15) is 0 Å². The maximum absolute atomic E-state index is 13.0. The number of carbonyl (C=O) groups excluding carboxylic acids is 2. The average Bonchev–Trinajstić information content (AvgIpc) is 3.33. The third-order valence-electron chi connectivity index (χ3n) is 6.92. The monoisotopic (exact) mass is 454 g/mol. The highest BCUT2D eigenvalue weighted by molar-refractivity contribution is 6.62. The highest BCUT2D eigenvalue weighted by Gasteiger charge is 2.51. The molecular formula is C23H31BN4O5. The highest BCUT2D eigenvalue weighted by Crippen LogP contribution is 2.36. The Kier molecular flexibility index (Phi) is 6.09. The van der Waals surface area contributed by atoms with Gasteiger partial charge in [0.15, 0.2) is 0 Å². The number of hydrogen-bond donors (Lipinski definition) is 2. The fourth-order valence-electron chi connectivity index (χ4n) is 4.21. The molecule has 0 unspecified atom stereocenters. The Morgan fingerprint density at radius 2 is 1.94 bits per heavy atom. The van der Waals surface area contributed by atoms with Crippen LogP contribution in [0, 0.1) is 0 Å². The number of likely N-dealkylation sites (tertiary alicyclic amines) is 1. The molecular weight excluding hydrogens is 423 g/mol. The molecule has 2 aromatic rings. The Morgan fingerprint density at radius 1 is 1.24 bits per heavy atom. The molecule has 0 spiro atoms. The topological polar surface area (TPSA) is 114 Å². The number of benzene rings is 1. The van der Waals surface area contributed by atoms with E-state index in [0.717, 1.165) is 11.9 Å². The van der Waals surface area contributed by atoms with Crippen molar-refractivity contribution in [2.24, 2.45) is 0 Å². The van der Waals surface area contributed by atoms with Gasteiger partial charge in [-0.15, -0.1) is 0 Å². The zero-order chi connectivity index (χ0) is 24.0. The first kappa shape index (κ1) is 23.4. The molecule has 0 bridgehead atoms. The molecule has 9 nitrogen and oxygen atoms in total. The summed E-state index contributed by atoms with van der Waals surface area (Å²) < 4.78 is 12.2. The predicted octanol–water partition coefficient (Wildman–Crippen LogP) is 1.41. The number of amides is 2. The Hall–Kier alpha value is -2.72. The summed E-state index contributed by atoms with van der Waals surface area (Å²) in [7, 11) is -0.570. The van der Waals surface area contributed by atoms with Crippen LogP contribution < -0.4 is 16.3 Å². The standard InChI is InChI=1S/C23H31BN4O5/c1-6-18(29)25-13-19(30)28-11-7-8-17(28)20-26-16-10-9-14(12-15(16)21(31)27-20)24-32-22(2,3)23(4,5)33-24/h9-10,12,17H,6-8,11,13H2,1-5H3,(H,25,29)(H,26,27,31)/t17-/m0/s1. The number of aromatic nitrogens is 2.